The number of aromatic nitrogens is 1. The minimum absolute atomic E-state index is 0.379. The fraction of sp³-hybridized carbons (Fsp3) is 0.222. The van der Waals surface area contributed by atoms with Crippen molar-refractivity contribution in [3.8, 4) is 0 Å². The first-order valence-electron chi connectivity index (χ1n) is 4.46. The van der Waals surface area contributed by atoms with Gasteiger partial charge in [0.05, 0.1) is 10.6 Å². The highest BCUT2D eigenvalue weighted by Gasteiger charge is 2.29. The minimum atomic E-state index is -0.924. The van der Waals surface area contributed by atoms with Gasteiger partial charge in [-0.15, -0.1) is 0 Å². The van der Waals surface area contributed by atoms with E-state index >= 15 is 0 Å². The summed E-state index contributed by atoms with van der Waals surface area (Å²) in [6, 6.07) is 3.54. The lowest BCUT2D eigenvalue weighted by Gasteiger charge is -2.18. The van der Waals surface area contributed by atoms with Crippen molar-refractivity contribution in [1.82, 2.24) is 10.3 Å². The lowest BCUT2D eigenvalue weighted by atomic mass is 10.3. The van der Waals surface area contributed by atoms with Crippen LogP contribution in [0.1, 0.15) is 5.69 Å². The van der Waals surface area contributed by atoms with Crippen molar-refractivity contribution in [2.75, 3.05) is 4.90 Å². The molecule has 1 aliphatic heterocycles. The SMILES string of the molecule is Cc1cc(N2C=CNC2[N+](=O)[O-])ccn1. The second-order valence-corrected chi connectivity index (χ2v) is 3.20. The Morgan fingerprint density at radius 3 is 3.13 bits per heavy atom. The number of hydrogen-bond acceptors (Lipinski definition) is 5. The molecule has 15 heavy (non-hydrogen) atoms. The third kappa shape index (κ3) is 1.74. The third-order valence-corrected chi connectivity index (χ3v) is 2.12. The van der Waals surface area contributed by atoms with Crippen LogP contribution < -0.4 is 10.2 Å². The summed E-state index contributed by atoms with van der Waals surface area (Å²) in [6.07, 6.45) is 3.91. The molecule has 2 rings (SSSR count). The van der Waals surface area contributed by atoms with Crippen molar-refractivity contribution in [3.05, 3.63) is 46.5 Å². The molecule has 0 amide bonds. The summed E-state index contributed by atoms with van der Waals surface area (Å²) in [6.45, 7) is 1.85. The molecule has 0 saturated carbocycles. The number of nitrogens with zero attached hydrogens (tertiary/aromatic N) is 3. The van der Waals surface area contributed by atoms with Crippen LogP contribution in [0.3, 0.4) is 0 Å². The maximum atomic E-state index is 10.7. The molecular formula is C9H10N4O2. The first-order valence-corrected chi connectivity index (χ1v) is 4.46. The van der Waals surface area contributed by atoms with E-state index in [0.29, 0.717) is 0 Å². The van der Waals surface area contributed by atoms with Gasteiger partial charge in [0.2, 0.25) is 0 Å². The summed E-state index contributed by atoms with van der Waals surface area (Å²) >= 11 is 0. The van der Waals surface area contributed by atoms with E-state index < -0.39 is 6.29 Å². The zero-order chi connectivity index (χ0) is 10.8. The number of aryl methyl sites for hydroxylation is 1. The molecule has 1 aliphatic rings. The fourth-order valence-corrected chi connectivity index (χ4v) is 1.45. The Hall–Kier alpha value is -2.11. The molecule has 2 heterocycles. The highest BCUT2D eigenvalue weighted by Crippen LogP contribution is 2.19. The topological polar surface area (TPSA) is 71.3 Å². The Labute approximate surface area is 86.4 Å². The van der Waals surface area contributed by atoms with E-state index in [0.717, 1.165) is 11.4 Å². The molecule has 0 radical (unpaired) electrons. The summed E-state index contributed by atoms with van der Waals surface area (Å²) in [5, 5.41) is 13.4. The molecule has 78 valence electrons. The van der Waals surface area contributed by atoms with E-state index in [9.17, 15) is 10.1 Å². The number of hydrogen-bond donors (Lipinski definition) is 1. The molecule has 0 aromatic carbocycles. The Morgan fingerprint density at radius 1 is 1.67 bits per heavy atom. The van der Waals surface area contributed by atoms with Crippen LogP contribution in [-0.2, 0) is 0 Å². The maximum Gasteiger partial charge on any atom is 0.369 e. The Balaban J connectivity index is 2.30. The first-order chi connectivity index (χ1) is 7.18. The minimum Gasteiger partial charge on any atom is -0.310 e. The molecule has 0 aliphatic carbocycles. The van der Waals surface area contributed by atoms with Crippen molar-refractivity contribution in [3.63, 3.8) is 0 Å². The number of rotatable bonds is 2. The van der Waals surface area contributed by atoms with Crippen LogP contribution in [0.2, 0.25) is 0 Å². The zero-order valence-corrected chi connectivity index (χ0v) is 8.12. The van der Waals surface area contributed by atoms with Crippen molar-refractivity contribution in [2.24, 2.45) is 0 Å². The van der Waals surface area contributed by atoms with E-state index in [1.807, 2.05) is 6.92 Å². The van der Waals surface area contributed by atoms with E-state index in [1.54, 1.807) is 35.6 Å². The standard InChI is InChI=1S/C9H10N4O2/c1-7-6-8(2-3-10-7)12-5-4-11-9(12)13(14)15/h2-6,9,11H,1H3. The Morgan fingerprint density at radius 2 is 2.47 bits per heavy atom. The highest BCUT2D eigenvalue weighted by molar-refractivity contribution is 5.50. The monoisotopic (exact) mass is 206 g/mol. The summed E-state index contributed by atoms with van der Waals surface area (Å²) < 4.78 is 0. The molecule has 6 heteroatoms. The van der Waals surface area contributed by atoms with Gasteiger partial charge in [-0.2, -0.15) is 0 Å². The second kappa shape index (κ2) is 3.56. The molecule has 0 fully saturated rings. The zero-order valence-electron chi connectivity index (χ0n) is 8.12. The number of nitro groups is 1. The van der Waals surface area contributed by atoms with Crippen LogP contribution >= 0.6 is 0 Å². The lowest BCUT2D eigenvalue weighted by Crippen LogP contribution is -2.42. The van der Waals surface area contributed by atoms with Gasteiger partial charge in [-0.05, 0) is 19.1 Å². The van der Waals surface area contributed by atoms with E-state index in [2.05, 4.69) is 10.3 Å². The normalized spacial score (nSPS) is 19.0. The summed E-state index contributed by atoms with van der Waals surface area (Å²) in [5.74, 6) is 0. The smallest absolute Gasteiger partial charge is 0.310 e. The van der Waals surface area contributed by atoms with Gasteiger partial charge >= 0.3 is 6.29 Å². The Kier molecular flexibility index (Phi) is 2.24. The van der Waals surface area contributed by atoms with Gasteiger partial charge in [0.25, 0.3) is 0 Å². The predicted molar refractivity (Wildman–Crippen MR) is 54.5 cm³/mol. The highest BCUT2D eigenvalue weighted by atomic mass is 16.6. The van der Waals surface area contributed by atoms with Crippen LogP contribution in [0.4, 0.5) is 5.69 Å². The van der Waals surface area contributed by atoms with Gasteiger partial charge in [0, 0.05) is 24.3 Å². The van der Waals surface area contributed by atoms with Crippen LogP contribution in [0.15, 0.2) is 30.7 Å². The summed E-state index contributed by atoms with van der Waals surface area (Å²) in [4.78, 5) is 15.9. The van der Waals surface area contributed by atoms with Crippen molar-refractivity contribution >= 4 is 5.69 Å². The second-order valence-electron chi connectivity index (χ2n) is 3.20. The molecule has 1 atom stereocenters. The number of anilines is 1. The van der Waals surface area contributed by atoms with E-state index in [-0.39, 0.29) is 4.92 Å². The van der Waals surface area contributed by atoms with Gasteiger partial charge in [0.1, 0.15) is 0 Å². The van der Waals surface area contributed by atoms with E-state index in [1.165, 1.54) is 0 Å². The molecule has 1 aromatic rings. The average Bonchev–Trinajstić information content (AvgIpc) is 2.65. The van der Waals surface area contributed by atoms with Gasteiger partial charge in [-0.25, -0.2) is 0 Å². The number of nitrogens with one attached hydrogen (secondary N) is 1. The van der Waals surface area contributed by atoms with Crippen LogP contribution in [-0.4, -0.2) is 16.2 Å². The van der Waals surface area contributed by atoms with Gasteiger partial charge in [0.15, 0.2) is 0 Å². The lowest BCUT2D eigenvalue weighted by molar-refractivity contribution is -0.523. The third-order valence-electron chi connectivity index (χ3n) is 2.12. The van der Waals surface area contributed by atoms with Gasteiger partial charge in [-0.1, -0.05) is 0 Å². The van der Waals surface area contributed by atoms with Gasteiger partial charge in [-0.3, -0.25) is 20.0 Å². The van der Waals surface area contributed by atoms with Crippen LogP contribution in [0.25, 0.3) is 0 Å². The molecule has 1 aromatic heterocycles. The summed E-state index contributed by atoms with van der Waals surface area (Å²) in [7, 11) is 0. The Bertz CT molecular complexity index is 418. The molecule has 1 unspecified atom stereocenters. The molecular weight excluding hydrogens is 196 g/mol. The summed E-state index contributed by atoms with van der Waals surface area (Å²) in [5.41, 5.74) is 1.58. The van der Waals surface area contributed by atoms with Crippen molar-refractivity contribution in [2.45, 2.75) is 13.2 Å². The largest absolute Gasteiger partial charge is 0.369 e. The average molecular weight is 206 g/mol. The fourth-order valence-electron chi connectivity index (χ4n) is 1.45. The molecule has 6 nitrogen and oxygen atoms in total. The quantitative estimate of drug-likeness (QED) is 0.573. The maximum absolute atomic E-state index is 10.7. The van der Waals surface area contributed by atoms with Crippen molar-refractivity contribution in [1.29, 1.82) is 0 Å². The molecule has 0 spiro atoms. The van der Waals surface area contributed by atoms with Gasteiger partial charge < -0.3 is 5.32 Å². The molecule has 0 bridgehead atoms. The van der Waals surface area contributed by atoms with Crippen LogP contribution in [0.5, 0.6) is 0 Å². The molecule has 0 saturated heterocycles. The first kappa shape index (κ1) is 9.45. The predicted octanol–water partition coefficient (Wildman–Crippen LogP) is 0.831. The number of pyridine rings is 1. The van der Waals surface area contributed by atoms with Crippen LogP contribution in [0, 0.1) is 17.0 Å². The van der Waals surface area contributed by atoms with Crippen molar-refractivity contribution < 1.29 is 4.92 Å². The molecule has 1 N–H and O–H groups in total. The van der Waals surface area contributed by atoms with E-state index in [4.69, 9.17) is 0 Å².